The SMILES string of the molecule is CCOC(=O)N1c2ccc(C(F)(F)F)cc2C(C(C#N)c2cc(C(F)(F)F)cc(C(F)(F)F)c2)C[C@H]1CC. The summed E-state index contributed by atoms with van der Waals surface area (Å²) in [7, 11) is 0. The van der Waals surface area contributed by atoms with E-state index in [1.54, 1.807) is 13.0 Å². The van der Waals surface area contributed by atoms with Crippen molar-refractivity contribution in [1.29, 1.82) is 5.26 Å². The molecule has 4 nitrogen and oxygen atoms in total. The average Bonchev–Trinajstić information content (AvgIpc) is 2.82. The summed E-state index contributed by atoms with van der Waals surface area (Å²) >= 11 is 0. The standard InChI is InChI=1S/C25H21F9N2O2/c1-3-17-11-18(19-10-14(23(26,27)28)5-6-21(19)36(17)22(37)38-4-2)20(12-35)13-7-15(24(29,30)31)9-16(8-13)25(32,33)34/h5-10,17-18,20H,3-4,11H2,1-2H3/t17-,18?,20?/m1/s1. The first-order chi connectivity index (χ1) is 17.5. The summed E-state index contributed by atoms with van der Waals surface area (Å²) in [4.78, 5) is 13.8. The molecule has 1 aliphatic rings. The molecular weight excluding hydrogens is 531 g/mol. The monoisotopic (exact) mass is 552 g/mol. The van der Waals surface area contributed by atoms with E-state index in [0.717, 1.165) is 11.0 Å². The van der Waals surface area contributed by atoms with Gasteiger partial charge in [0, 0.05) is 12.0 Å². The van der Waals surface area contributed by atoms with Gasteiger partial charge in [0.2, 0.25) is 0 Å². The van der Waals surface area contributed by atoms with Crippen molar-refractivity contribution in [2.24, 2.45) is 0 Å². The number of carbonyl (C=O) groups excluding carboxylic acids is 1. The quantitative estimate of drug-likeness (QED) is 0.359. The number of nitrogens with zero attached hydrogens (tertiary/aromatic N) is 2. The molecule has 38 heavy (non-hydrogen) atoms. The number of alkyl halides is 9. The van der Waals surface area contributed by atoms with Gasteiger partial charge in [-0.25, -0.2) is 4.79 Å². The number of hydrogen-bond donors (Lipinski definition) is 0. The second-order valence-corrected chi connectivity index (χ2v) is 8.69. The van der Waals surface area contributed by atoms with E-state index in [-0.39, 0.29) is 36.8 Å². The third-order valence-electron chi connectivity index (χ3n) is 6.35. The van der Waals surface area contributed by atoms with Gasteiger partial charge in [-0.2, -0.15) is 44.8 Å². The summed E-state index contributed by atoms with van der Waals surface area (Å²) in [6.07, 6.45) is -16.1. The Morgan fingerprint density at radius 1 is 0.947 bits per heavy atom. The molecule has 2 aromatic carbocycles. The van der Waals surface area contributed by atoms with Gasteiger partial charge in [-0.15, -0.1) is 0 Å². The van der Waals surface area contributed by atoms with E-state index >= 15 is 0 Å². The lowest BCUT2D eigenvalue weighted by Crippen LogP contribution is -2.45. The average molecular weight is 552 g/mol. The zero-order valence-electron chi connectivity index (χ0n) is 19.9. The van der Waals surface area contributed by atoms with Crippen LogP contribution in [0, 0.1) is 11.3 Å². The number of nitriles is 1. The zero-order valence-corrected chi connectivity index (χ0v) is 19.9. The summed E-state index contributed by atoms with van der Waals surface area (Å²) < 4.78 is 126. The number of halogens is 9. The molecule has 0 N–H and O–H groups in total. The second kappa shape index (κ2) is 10.4. The molecule has 0 spiro atoms. The van der Waals surface area contributed by atoms with Crippen LogP contribution in [0.1, 0.15) is 66.3 Å². The van der Waals surface area contributed by atoms with Crippen LogP contribution in [0.5, 0.6) is 0 Å². The molecule has 0 saturated heterocycles. The van der Waals surface area contributed by atoms with Crippen LogP contribution in [0.25, 0.3) is 0 Å². The first kappa shape index (κ1) is 29.1. The third kappa shape index (κ3) is 5.84. The Bertz CT molecular complexity index is 1200. The fourth-order valence-corrected chi connectivity index (χ4v) is 4.63. The van der Waals surface area contributed by atoms with E-state index in [2.05, 4.69) is 0 Å². The molecule has 0 radical (unpaired) electrons. The van der Waals surface area contributed by atoms with Crippen LogP contribution in [-0.4, -0.2) is 18.7 Å². The van der Waals surface area contributed by atoms with Gasteiger partial charge in [-0.3, -0.25) is 4.90 Å². The van der Waals surface area contributed by atoms with Gasteiger partial charge >= 0.3 is 24.6 Å². The predicted molar refractivity (Wildman–Crippen MR) is 117 cm³/mol. The maximum absolute atomic E-state index is 13.6. The largest absolute Gasteiger partial charge is 0.449 e. The van der Waals surface area contributed by atoms with Gasteiger partial charge in [0.15, 0.2) is 0 Å². The van der Waals surface area contributed by atoms with Crippen molar-refractivity contribution in [2.75, 3.05) is 11.5 Å². The zero-order chi connectivity index (χ0) is 28.6. The molecule has 2 aromatic rings. The Morgan fingerprint density at radius 2 is 1.50 bits per heavy atom. The lowest BCUT2D eigenvalue weighted by atomic mass is 9.74. The Kier molecular flexibility index (Phi) is 7.96. The maximum Gasteiger partial charge on any atom is 0.416 e. The van der Waals surface area contributed by atoms with Crippen LogP contribution in [-0.2, 0) is 23.3 Å². The van der Waals surface area contributed by atoms with Crippen molar-refractivity contribution in [3.05, 3.63) is 64.2 Å². The van der Waals surface area contributed by atoms with Crippen LogP contribution < -0.4 is 4.90 Å². The molecule has 0 bridgehead atoms. The van der Waals surface area contributed by atoms with Gasteiger partial charge < -0.3 is 4.74 Å². The molecule has 3 atom stereocenters. The molecular formula is C25H21F9N2O2. The highest BCUT2D eigenvalue weighted by Crippen LogP contribution is 2.49. The Morgan fingerprint density at radius 3 is 1.95 bits per heavy atom. The molecule has 3 rings (SSSR count). The van der Waals surface area contributed by atoms with E-state index in [4.69, 9.17) is 4.74 Å². The first-order valence-electron chi connectivity index (χ1n) is 11.4. The number of rotatable bonds is 4. The van der Waals surface area contributed by atoms with E-state index < -0.39 is 64.8 Å². The lowest BCUT2D eigenvalue weighted by molar-refractivity contribution is -0.143. The third-order valence-corrected chi connectivity index (χ3v) is 6.35. The summed E-state index contributed by atoms with van der Waals surface area (Å²) in [5.74, 6) is -2.96. The number of fused-ring (bicyclic) bond motifs is 1. The van der Waals surface area contributed by atoms with Crippen molar-refractivity contribution in [3.8, 4) is 6.07 Å². The number of amides is 1. The van der Waals surface area contributed by atoms with Crippen molar-refractivity contribution < 1.29 is 49.0 Å². The van der Waals surface area contributed by atoms with Gasteiger partial charge in [-0.1, -0.05) is 6.92 Å². The molecule has 2 unspecified atom stereocenters. The fourth-order valence-electron chi connectivity index (χ4n) is 4.63. The minimum absolute atomic E-state index is 0.0591. The van der Waals surface area contributed by atoms with Crippen molar-refractivity contribution in [3.63, 3.8) is 0 Å². The van der Waals surface area contributed by atoms with Gasteiger partial charge in [-0.05, 0) is 67.3 Å². The highest BCUT2D eigenvalue weighted by atomic mass is 19.4. The smallest absolute Gasteiger partial charge is 0.416 e. The maximum atomic E-state index is 13.6. The number of ether oxygens (including phenoxy) is 1. The van der Waals surface area contributed by atoms with Crippen LogP contribution in [0.4, 0.5) is 50.0 Å². The Hall–Kier alpha value is -3.43. The molecule has 206 valence electrons. The van der Waals surface area contributed by atoms with Crippen molar-refractivity contribution in [2.45, 2.75) is 63.1 Å². The molecule has 0 aliphatic carbocycles. The van der Waals surface area contributed by atoms with E-state index in [1.165, 1.54) is 6.92 Å². The number of anilines is 1. The predicted octanol–water partition coefficient (Wildman–Crippen LogP) is 8.28. The lowest BCUT2D eigenvalue weighted by Gasteiger charge is -2.41. The van der Waals surface area contributed by atoms with Crippen molar-refractivity contribution in [1.82, 2.24) is 0 Å². The van der Waals surface area contributed by atoms with E-state index in [9.17, 15) is 49.6 Å². The molecule has 0 saturated carbocycles. The summed E-state index contributed by atoms with van der Waals surface area (Å²) in [6, 6.07) is 4.02. The molecule has 13 heteroatoms. The van der Waals surface area contributed by atoms with Gasteiger partial charge in [0.1, 0.15) is 0 Å². The summed E-state index contributed by atoms with van der Waals surface area (Å²) in [5, 5.41) is 9.95. The first-order valence-corrected chi connectivity index (χ1v) is 11.4. The number of hydrogen-bond acceptors (Lipinski definition) is 3. The van der Waals surface area contributed by atoms with Crippen LogP contribution in [0.15, 0.2) is 36.4 Å². The van der Waals surface area contributed by atoms with Crippen molar-refractivity contribution >= 4 is 11.8 Å². The summed E-state index contributed by atoms with van der Waals surface area (Å²) in [6.45, 7) is 3.09. The van der Waals surface area contributed by atoms with Crippen LogP contribution in [0.2, 0.25) is 0 Å². The molecule has 0 fully saturated rings. The number of benzene rings is 2. The van der Waals surface area contributed by atoms with E-state index in [1.807, 2.05) is 0 Å². The molecule has 1 aliphatic heterocycles. The summed E-state index contributed by atoms with van der Waals surface area (Å²) in [5.41, 5.74) is -5.39. The van der Waals surface area contributed by atoms with Crippen LogP contribution >= 0.6 is 0 Å². The van der Waals surface area contributed by atoms with Gasteiger partial charge in [0.05, 0.1) is 41.0 Å². The normalized spacial score (nSPS) is 18.9. The highest BCUT2D eigenvalue weighted by Gasteiger charge is 2.43. The topological polar surface area (TPSA) is 53.3 Å². The highest BCUT2D eigenvalue weighted by molar-refractivity contribution is 5.90. The molecule has 1 amide bonds. The fraction of sp³-hybridized carbons (Fsp3) is 0.440. The number of carbonyl (C=O) groups is 1. The van der Waals surface area contributed by atoms with Crippen LogP contribution in [0.3, 0.4) is 0 Å². The second-order valence-electron chi connectivity index (χ2n) is 8.69. The van der Waals surface area contributed by atoms with Gasteiger partial charge in [0.25, 0.3) is 0 Å². The minimum Gasteiger partial charge on any atom is -0.449 e. The molecule has 0 aromatic heterocycles. The Balaban J connectivity index is 2.28. The Labute approximate surface area is 211 Å². The van der Waals surface area contributed by atoms with E-state index in [0.29, 0.717) is 24.3 Å². The minimum atomic E-state index is -5.18. The molecule has 1 heterocycles.